The van der Waals surface area contributed by atoms with Crippen LogP contribution in [0.25, 0.3) is 0 Å². The van der Waals surface area contributed by atoms with Crippen LogP contribution in [0, 0.1) is 13.0 Å². The van der Waals surface area contributed by atoms with Gasteiger partial charge in [0.2, 0.25) is 0 Å². The lowest BCUT2D eigenvalue weighted by Crippen LogP contribution is -2.47. The molecule has 0 saturated carbocycles. The van der Waals surface area contributed by atoms with Crippen LogP contribution in [0.5, 0.6) is 0 Å². The average molecular weight is 217 g/mol. The molecule has 0 aliphatic carbocycles. The minimum absolute atomic E-state index is 0.152. The van der Waals surface area contributed by atoms with Crippen molar-refractivity contribution in [2.24, 2.45) is 0 Å². The zero-order valence-electron chi connectivity index (χ0n) is 9.86. The highest BCUT2D eigenvalue weighted by molar-refractivity contribution is 5.95. The molecule has 1 fully saturated rings. The quantitative estimate of drug-likeness (QED) is 0.705. The van der Waals surface area contributed by atoms with Crippen LogP contribution >= 0.6 is 0 Å². The largest absolute Gasteiger partial charge is 0.336 e. The minimum atomic E-state index is 0.152. The van der Waals surface area contributed by atoms with Crippen molar-refractivity contribution < 1.29 is 4.79 Å². The lowest BCUT2D eigenvalue weighted by Gasteiger charge is -2.32. The molecule has 0 atom stereocenters. The Morgan fingerprint density at radius 3 is 2.62 bits per heavy atom. The molecule has 85 valence electrons. The zero-order valence-corrected chi connectivity index (χ0v) is 9.86. The Labute approximate surface area is 96.7 Å². The number of hydrogen-bond acceptors (Lipinski definition) is 2. The predicted octanol–water partition coefficient (Wildman–Crippen LogP) is 1.18. The number of aryl methyl sites for hydroxylation is 1. The Bertz CT molecular complexity index is 381. The van der Waals surface area contributed by atoms with Crippen LogP contribution in [0.15, 0.2) is 18.2 Å². The molecule has 0 N–H and O–H groups in total. The van der Waals surface area contributed by atoms with Crippen LogP contribution in [0.4, 0.5) is 0 Å². The molecule has 1 aliphatic rings. The van der Waals surface area contributed by atoms with Gasteiger partial charge in [-0.2, -0.15) is 0 Å². The van der Waals surface area contributed by atoms with E-state index in [1.54, 1.807) is 6.07 Å². The Kier molecular flexibility index (Phi) is 3.25. The summed E-state index contributed by atoms with van der Waals surface area (Å²) < 4.78 is 0. The number of carbonyl (C=O) groups is 1. The molecule has 3 heteroatoms. The number of hydrogen-bond donors (Lipinski definition) is 0. The molecular weight excluding hydrogens is 200 g/mol. The van der Waals surface area contributed by atoms with E-state index in [-0.39, 0.29) is 5.91 Å². The van der Waals surface area contributed by atoms with Gasteiger partial charge < -0.3 is 9.80 Å². The second kappa shape index (κ2) is 4.66. The molecule has 1 aromatic rings. The van der Waals surface area contributed by atoms with Crippen LogP contribution in [0.1, 0.15) is 15.9 Å². The standard InChI is InChI=1S/C13H17N2O/c1-11-5-3-4-6-12(11)13(16)15-9-7-14(2)8-10-15/h4-6H,7-10H2,1-2H3. The number of amides is 1. The predicted molar refractivity (Wildman–Crippen MR) is 63.4 cm³/mol. The highest BCUT2D eigenvalue weighted by Crippen LogP contribution is 2.11. The first-order valence-corrected chi connectivity index (χ1v) is 5.63. The SMILES string of the molecule is Cc1c[c]ccc1C(=O)N1CCN(C)CC1. The van der Waals surface area contributed by atoms with Crippen molar-refractivity contribution in [3.63, 3.8) is 0 Å². The summed E-state index contributed by atoms with van der Waals surface area (Å²) in [4.78, 5) is 16.4. The topological polar surface area (TPSA) is 23.6 Å². The second-order valence-electron chi connectivity index (χ2n) is 4.34. The summed E-state index contributed by atoms with van der Waals surface area (Å²) >= 11 is 0. The van der Waals surface area contributed by atoms with Crippen molar-refractivity contribution in [3.8, 4) is 0 Å². The molecule has 2 rings (SSSR count). The first-order valence-electron chi connectivity index (χ1n) is 5.63. The third-order valence-electron chi connectivity index (χ3n) is 3.09. The van der Waals surface area contributed by atoms with Gasteiger partial charge in [-0.15, -0.1) is 0 Å². The van der Waals surface area contributed by atoms with E-state index in [2.05, 4.69) is 18.0 Å². The lowest BCUT2D eigenvalue weighted by atomic mass is 10.1. The molecule has 16 heavy (non-hydrogen) atoms. The van der Waals surface area contributed by atoms with Gasteiger partial charge in [0.15, 0.2) is 0 Å². The summed E-state index contributed by atoms with van der Waals surface area (Å²) in [6.07, 6.45) is 0. The fourth-order valence-electron chi connectivity index (χ4n) is 1.93. The minimum Gasteiger partial charge on any atom is -0.336 e. The van der Waals surface area contributed by atoms with Crippen LogP contribution in [0.3, 0.4) is 0 Å². The third-order valence-corrected chi connectivity index (χ3v) is 3.09. The molecule has 0 bridgehead atoms. The van der Waals surface area contributed by atoms with Crippen molar-refractivity contribution in [1.82, 2.24) is 9.80 Å². The zero-order chi connectivity index (χ0) is 11.5. The molecule has 1 radical (unpaired) electrons. The smallest absolute Gasteiger partial charge is 0.254 e. The first-order chi connectivity index (χ1) is 7.68. The van der Waals surface area contributed by atoms with E-state index in [4.69, 9.17) is 0 Å². The molecule has 0 unspecified atom stereocenters. The van der Waals surface area contributed by atoms with Crippen molar-refractivity contribution in [1.29, 1.82) is 0 Å². The molecule has 1 amide bonds. The van der Waals surface area contributed by atoms with Crippen molar-refractivity contribution in [3.05, 3.63) is 35.4 Å². The number of carbonyl (C=O) groups excluding carboxylic acids is 1. The van der Waals surface area contributed by atoms with Gasteiger partial charge in [0, 0.05) is 31.7 Å². The molecule has 1 aromatic carbocycles. The van der Waals surface area contributed by atoms with E-state index in [0.29, 0.717) is 0 Å². The number of piperazine rings is 1. The summed E-state index contributed by atoms with van der Waals surface area (Å²) in [5, 5.41) is 0. The van der Waals surface area contributed by atoms with Gasteiger partial charge in [-0.1, -0.05) is 12.1 Å². The fraction of sp³-hybridized carbons (Fsp3) is 0.462. The summed E-state index contributed by atoms with van der Waals surface area (Å²) in [6.45, 7) is 5.54. The van der Waals surface area contributed by atoms with Crippen LogP contribution in [0.2, 0.25) is 0 Å². The van der Waals surface area contributed by atoms with E-state index < -0.39 is 0 Å². The molecule has 0 spiro atoms. The van der Waals surface area contributed by atoms with Crippen LogP contribution in [-0.2, 0) is 0 Å². The van der Waals surface area contributed by atoms with Gasteiger partial charge in [0.1, 0.15) is 0 Å². The fourth-order valence-corrected chi connectivity index (χ4v) is 1.93. The first kappa shape index (κ1) is 11.1. The van der Waals surface area contributed by atoms with E-state index in [1.807, 2.05) is 24.0 Å². The van der Waals surface area contributed by atoms with E-state index in [1.165, 1.54) is 0 Å². The van der Waals surface area contributed by atoms with Gasteiger partial charge in [0.05, 0.1) is 0 Å². The highest BCUT2D eigenvalue weighted by atomic mass is 16.2. The maximum absolute atomic E-state index is 12.2. The van der Waals surface area contributed by atoms with Gasteiger partial charge in [0.25, 0.3) is 5.91 Å². The lowest BCUT2D eigenvalue weighted by molar-refractivity contribution is 0.0663. The normalized spacial score (nSPS) is 17.5. The molecule has 1 saturated heterocycles. The molecule has 1 heterocycles. The van der Waals surface area contributed by atoms with Crippen molar-refractivity contribution >= 4 is 5.91 Å². The summed E-state index contributed by atoms with van der Waals surface area (Å²) in [6, 6.07) is 8.51. The third kappa shape index (κ3) is 2.25. The van der Waals surface area contributed by atoms with E-state index >= 15 is 0 Å². The number of rotatable bonds is 1. The maximum Gasteiger partial charge on any atom is 0.254 e. The van der Waals surface area contributed by atoms with Crippen molar-refractivity contribution in [2.75, 3.05) is 33.2 Å². The monoisotopic (exact) mass is 217 g/mol. The molecule has 3 nitrogen and oxygen atoms in total. The van der Waals surface area contributed by atoms with E-state index in [0.717, 1.165) is 37.3 Å². The summed E-state index contributed by atoms with van der Waals surface area (Å²) in [7, 11) is 2.09. The molecule has 1 aliphatic heterocycles. The Morgan fingerprint density at radius 2 is 2.00 bits per heavy atom. The Hall–Kier alpha value is -1.35. The van der Waals surface area contributed by atoms with Crippen molar-refractivity contribution in [2.45, 2.75) is 6.92 Å². The number of likely N-dealkylation sites (N-methyl/N-ethyl adjacent to an activating group) is 1. The number of nitrogens with zero attached hydrogens (tertiary/aromatic N) is 2. The Morgan fingerprint density at radius 1 is 1.31 bits per heavy atom. The number of benzene rings is 1. The van der Waals surface area contributed by atoms with Gasteiger partial charge >= 0.3 is 0 Å². The van der Waals surface area contributed by atoms with E-state index in [9.17, 15) is 4.79 Å². The Balaban J connectivity index is 2.11. The van der Waals surface area contributed by atoms with Gasteiger partial charge in [-0.25, -0.2) is 0 Å². The maximum atomic E-state index is 12.2. The molecule has 0 aromatic heterocycles. The highest BCUT2D eigenvalue weighted by Gasteiger charge is 2.20. The summed E-state index contributed by atoms with van der Waals surface area (Å²) in [5.74, 6) is 0.152. The molecular formula is C13H17N2O. The summed E-state index contributed by atoms with van der Waals surface area (Å²) in [5.41, 5.74) is 1.81. The average Bonchev–Trinajstić information content (AvgIpc) is 2.30. The van der Waals surface area contributed by atoms with Gasteiger partial charge in [-0.3, -0.25) is 4.79 Å². The van der Waals surface area contributed by atoms with Gasteiger partial charge in [-0.05, 0) is 31.7 Å². The second-order valence-corrected chi connectivity index (χ2v) is 4.34. The van der Waals surface area contributed by atoms with Crippen LogP contribution < -0.4 is 0 Å². The van der Waals surface area contributed by atoms with Crippen LogP contribution in [-0.4, -0.2) is 48.9 Å².